The topological polar surface area (TPSA) is 20.3 Å². The number of hydrogen-bond acceptors (Lipinski definition) is 1. The van der Waals surface area contributed by atoms with Crippen LogP contribution in [0.3, 0.4) is 0 Å². The third-order valence-electron chi connectivity index (χ3n) is 5.27. The average molecular weight is 374 g/mol. The van der Waals surface area contributed by atoms with Crippen molar-refractivity contribution >= 4 is 5.91 Å². The van der Waals surface area contributed by atoms with E-state index in [-0.39, 0.29) is 5.91 Å². The van der Waals surface area contributed by atoms with E-state index < -0.39 is 0 Å². The Balaban J connectivity index is 1.84. The predicted octanol–water partition coefficient (Wildman–Crippen LogP) is 7.37. The SMILES string of the molecule is CCCC=CCCCCCCCCCCC=CC=CC(=O)N1CCCCC1. The Hall–Kier alpha value is -1.31. The minimum Gasteiger partial charge on any atom is -0.339 e. The molecular formula is C25H43NO. The molecule has 2 nitrogen and oxygen atoms in total. The first-order valence-corrected chi connectivity index (χ1v) is 11.6. The molecule has 0 unspecified atom stereocenters. The quantitative estimate of drug-likeness (QED) is 0.127. The number of nitrogens with zero attached hydrogens (tertiary/aromatic N) is 1. The van der Waals surface area contributed by atoms with E-state index in [0.717, 1.165) is 32.4 Å². The highest BCUT2D eigenvalue weighted by atomic mass is 16.2. The fraction of sp³-hybridized carbons (Fsp3) is 0.720. The van der Waals surface area contributed by atoms with Crippen molar-refractivity contribution in [3.05, 3.63) is 36.5 Å². The van der Waals surface area contributed by atoms with Gasteiger partial charge in [-0.25, -0.2) is 0 Å². The standard InChI is InChI=1S/C25H43NO/c1-2-3-4-5-6-7-8-9-10-11-12-13-14-15-16-17-19-22-25(27)26-23-20-18-21-24-26/h4-5,16-17,19,22H,2-3,6-15,18,20-21,23-24H2,1H3. The van der Waals surface area contributed by atoms with E-state index in [4.69, 9.17) is 0 Å². The van der Waals surface area contributed by atoms with E-state index >= 15 is 0 Å². The number of rotatable bonds is 15. The number of allylic oxidation sites excluding steroid dienone is 5. The lowest BCUT2D eigenvalue weighted by Crippen LogP contribution is -2.34. The molecule has 0 spiro atoms. The first kappa shape index (κ1) is 23.7. The third kappa shape index (κ3) is 14.4. The van der Waals surface area contributed by atoms with Gasteiger partial charge in [-0.05, 0) is 51.4 Å². The maximum atomic E-state index is 12.0. The van der Waals surface area contributed by atoms with Crippen LogP contribution in [0.5, 0.6) is 0 Å². The van der Waals surface area contributed by atoms with Crippen LogP contribution < -0.4 is 0 Å². The Kier molecular flexibility index (Phi) is 15.9. The summed E-state index contributed by atoms with van der Waals surface area (Å²) in [5.41, 5.74) is 0. The molecular weight excluding hydrogens is 330 g/mol. The molecule has 1 aliphatic heterocycles. The Morgan fingerprint density at radius 3 is 1.89 bits per heavy atom. The van der Waals surface area contributed by atoms with E-state index in [1.54, 1.807) is 6.08 Å². The normalized spacial score (nSPS) is 15.5. The number of amides is 1. The Labute approximate surface area is 168 Å². The molecule has 1 amide bonds. The monoisotopic (exact) mass is 373 g/mol. The Morgan fingerprint density at radius 2 is 1.26 bits per heavy atom. The first-order chi connectivity index (χ1) is 13.3. The summed E-state index contributed by atoms with van der Waals surface area (Å²) < 4.78 is 0. The summed E-state index contributed by atoms with van der Waals surface area (Å²) in [6, 6.07) is 0. The first-order valence-electron chi connectivity index (χ1n) is 11.6. The van der Waals surface area contributed by atoms with Gasteiger partial charge in [0.2, 0.25) is 5.91 Å². The van der Waals surface area contributed by atoms with Gasteiger partial charge in [-0.1, -0.05) is 82.2 Å². The van der Waals surface area contributed by atoms with E-state index in [2.05, 4.69) is 25.2 Å². The molecule has 27 heavy (non-hydrogen) atoms. The van der Waals surface area contributed by atoms with E-state index in [1.165, 1.54) is 77.0 Å². The highest BCUT2D eigenvalue weighted by molar-refractivity contribution is 5.87. The zero-order valence-corrected chi connectivity index (χ0v) is 17.8. The number of piperidine rings is 1. The van der Waals surface area contributed by atoms with E-state index in [9.17, 15) is 4.79 Å². The summed E-state index contributed by atoms with van der Waals surface area (Å²) in [4.78, 5) is 13.9. The van der Waals surface area contributed by atoms with Crippen LogP contribution in [-0.2, 0) is 4.79 Å². The number of unbranched alkanes of at least 4 members (excludes halogenated alkanes) is 10. The van der Waals surface area contributed by atoms with Crippen LogP contribution >= 0.6 is 0 Å². The molecule has 0 aromatic rings. The third-order valence-corrected chi connectivity index (χ3v) is 5.27. The van der Waals surface area contributed by atoms with Crippen molar-refractivity contribution in [2.24, 2.45) is 0 Å². The van der Waals surface area contributed by atoms with Crippen molar-refractivity contribution in [2.45, 2.75) is 103 Å². The van der Waals surface area contributed by atoms with Crippen molar-refractivity contribution in [3.63, 3.8) is 0 Å². The second-order valence-electron chi connectivity index (χ2n) is 7.84. The fourth-order valence-electron chi connectivity index (χ4n) is 3.52. The van der Waals surface area contributed by atoms with Crippen LogP contribution in [0.1, 0.15) is 103 Å². The minimum absolute atomic E-state index is 0.177. The van der Waals surface area contributed by atoms with Gasteiger partial charge in [0.05, 0.1) is 0 Å². The Morgan fingerprint density at radius 1 is 0.704 bits per heavy atom. The molecule has 1 heterocycles. The summed E-state index contributed by atoms with van der Waals surface area (Å²) in [6.45, 7) is 4.10. The minimum atomic E-state index is 0.177. The lowest BCUT2D eigenvalue weighted by molar-refractivity contribution is -0.126. The van der Waals surface area contributed by atoms with Gasteiger partial charge in [-0.15, -0.1) is 0 Å². The van der Waals surface area contributed by atoms with Crippen LogP contribution in [0.15, 0.2) is 36.5 Å². The van der Waals surface area contributed by atoms with E-state index in [1.807, 2.05) is 17.1 Å². The van der Waals surface area contributed by atoms with Crippen molar-refractivity contribution in [3.8, 4) is 0 Å². The molecule has 0 saturated carbocycles. The van der Waals surface area contributed by atoms with Gasteiger partial charge in [0.1, 0.15) is 0 Å². The lowest BCUT2D eigenvalue weighted by atomic mass is 10.1. The molecule has 0 atom stereocenters. The highest BCUT2D eigenvalue weighted by Crippen LogP contribution is 2.11. The summed E-state index contributed by atoms with van der Waals surface area (Å²) in [6.07, 6.45) is 32.0. The molecule has 0 radical (unpaired) electrons. The molecule has 1 fully saturated rings. The molecule has 0 N–H and O–H groups in total. The molecule has 1 saturated heterocycles. The van der Waals surface area contributed by atoms with Crippen LogP contribution in [0.4, 0.5) is 0 Å². The van der Waals surface area contributed by atoms with Gasteiger partial charge < -0.3 is 4.90 Å². The van der Waals surface area contributed by atoms with Crippen molar-refractivity contribution in [1.29, 1.82) is 0 Å². The number of likely N-dealkylation sites (tertiary alicyclic amines) is 1. The van der Waals surface area contributed by atoms with Crippen molar-refractivity contribution < 1.29 is 4.79 Å². The van der Waals surface area contributed by atoms with Crippen molar-refractivity contribution in [1.82, 2.24) is 4.90 Å². The maximum absolute atomic E-state index is 12.0. The smallest absolute Gasteiger partial charge is 0.246 e. The molecule has 1 aliphatic rings. The molecule has 0 bridgehead atoms. The molecule has 2 heteroatoms. The van der Waals surface area contributed by atoms with Gasteiger partial charge in [-0.3, -0.25) is 4.79 Å². The van der Waals surface area contributed by atoms with Gasteiger partial charge in [0.25, 0.3) is 0 Å². The zero-order valence-electron chi connectivity index (χ0n) is 17.8. The van der Waals surface area contributed by atoms with E-state index in [0.29, 0.717) is 0 Å². The summed E-state index contributed by atoms with van der Waals surface area (Å²) in [7, 11) is 0. The second-order valence-corrected chi connectivity index (χ2v) is 7.84. The molecule has 0 aromatic heterocycles. The molecule has 154 valence electrons. The van der Waals surface area contributed by atoms with Gasteiger partial charge in [0.15, 0.2) is 0 Å². The highest BCUT2D eigenvalue weighted by Gasteiger charge is 2.13. The van der Waals surface area contributed by atoms with Crippen LogP contribution in [0, 0.1) is 0 Å². The van der Waals surface area contributed by atoms with Crippen LogP contribution in [-0.4, -0.2) is 23.9 Å². The number of carbonyl (C=O) groups excluding carboxylic acids is 1. The largest absolute Gasteiger partial charge is 0.339 e. The summed E-state index contributed by atoms with van der Waals surface area (Å²) >= 11 is 0. The zero-order chi connectivity index (χ0) is 19.4. The number of hydrogen-bond donors (Lipinski definition) is 0. The van der Waals surface area contributed by atoms with Crippen LogP contribution in [0.2, 0.25) is 0 Å². The second kappa shape index (κ2) is 18.1. The lowest BCUT2D eigenvalue weighted by Gasteiger charge is -2.25. The van der Waals surface area contributed by atoms with Crippen LogP contribution in [0.25, 0.3) is 0 Å². The summed E-state index contributed by atoms with van der Waals surface area (Å²) in [5, 5.41) is 0. The van der Waals surface area contributed by atoms with Gasteiger partial charge in [0, 0.05) is 19.2 Å². The molecule has 0 aromatic carbocycles. The maximum Gasteiger partial charge on any atom is 0.246 e. The predicted molar refractivity (Wildman–Crippen MR) is 119 cm³/mol. The average Bonchev–Trinajstić information content (AvgIpc) is 2.70. The molecule has 1 rings (SSSR count). The number of carbonyl (C=O) groups is 1. The van der Waals surface area contributed by atoms with Gasteiger partial charge in [-0.2, -0.15) is 0 Å². The summed E-state index contributed by atoms with van der Waals surface area (Å²) in [5.74, 6) is 0.177. The fourth-order valence-corrected chi connectivity index (χ4v) is 3.52. The van der Waals surface area contributed by atoms with Crippen molar-refractivity contribution in [2.75, 3.05) is 13.1 Å². The Bertz CT molecular complexity index is 430. The van der Waals surface area contributed by atoms with Gasteiger partial charge >= 0.3 is 0 Å². The molecule has 0 aliphatic carbocycles.